The molecule has 2 heterocycles. The van der Waals surface area contributed by atoms with Gasteiger partial charge in [0, 0.05) is 19.2 Å². The van der Waals surface area contributed by atoms with Crippen molar-refractivity contribution in [3.63, 3.8) is 0 Å². The second-order valence-electron chi connectivity index (χ2n) is 7.94. The molecular weight excluding hydrogens is 471 g/mol. The van der Waals surface area contributed by atoms with E-state index in [0.29, 0.717) is 13.2 Å². The van der Waals surface area contributed by atoms with E-state index >= 15 is 0 Å². The van der Waals surface area contributed by atoms with Crippen molar-refractivity contribution in [2.75, 3.05) is 20.3 Å². The summed E-state index contributed by atoms with van der Waals surface area (Å²) in [5, 5.41) is 0. The van der Waals surface area contributed by atoms with Crippen LogP contribution in [0.15, 0.2) is 70.5 Å². The van der Waals surface area contributed by atoms with Crippen LogP contribution in [0.2, 0.25) is 0 Å². The van der Waals surface area contributed by atoms with E-state index in [4.69, 9.17) is 9.47 Å². The number of carbonyl (C=O) groups excluding carboxylic acids is 2. The predicted octanol–water partition coefficient (Wildman–Crippen LogP) is 1.62. The normalized spacial score (nSPS) is 11.1. The molecule has 0 atom stereocenters. The fourth-order valence-corrected chi connectivity index (χ4v) is 3.69. The maximum atomic E-state index is 13.3. The summed E-state index contributed by atoms with van der Waals surface area (Å²) in [7, 11) is 1.52. The van der Waals surface area contributed by atoms with Crippen molar-refractivity contribution in [2.45, 2.75) is 19.6 Å². The van der Waals surface area contributed by atoms with Crippen molar-refractivity contribution >= 4 is 22.9 Å². The Bertz CT molecular complexity index is 1510. The number of nitrogens with zero attached hydrogens (tertiary/aromatic N) is 4. The molecule has 4 aromatic rings. The van der Waals surface area contributed by atoms with Crippen LogP contribution in [0.5, 0.6) is 0 Å². The zero-order valence-electron chi connectivity index (χ0n) is 19.4. The zero-order valence-corrected chi connectivity index (χ0v) is 19.4. The first kappa shape index (κ1) is 24.7. The molecule has 0 radical (unpaired) electrons. The Morgan fingerprint density at radius 1 is 1.00 bits per heavy atom. The van der Waals surface area contributed by atoms with Crippen LogP contribution < -0.4 is 11.2 Å². The summed E-state index contributed by atoms with van der Waals surface area (Å²) in [5.41, 5.74) is -0.177. The largest absolute Gasteiger partial charge is 0.456 e. The lowest BCUT2D eigenvalue weighted by Gasteiger charge is -2.12. The van der Waals surface area contributed by atoms with Crippen LogP contribution in [0, 0.1) is 5.82 Å². The summed E-state index contributed by atoms with van der Waals surface area (Å²) in [6.45, 7) is -0.589. The number of benzene rings is 2. The lowest BCUT2D eigenvalue weighted by Crippen LogP contribution is -2.43. The summed E-state index contributed by atoms with van der Waals surface area (Å²) in [5.74, 6) is -2.00. The highest BCUT2D eigenvalue weighted by Gasteiger charge is 2.21. The number of Topliss-reactive ketones (excluding diaryl/α,β-unsaturated/α-hetero) is 1. The van der Waals surface area contributed by atoms with Gasteiger partial charge in [0.2, 0.25) is 0 Å². The molecule has 0 amide bonds. The number of hydrogen-bond acceptors (Lipinski definition) is 7. The third-order valence-corrected chi connectivity index (χ3v) is 5.52. The monoisotopic (exact) mass is 494 g/mol. The Morgan fingerprint density at radius 2 is 1.72 bits per heavy atom. The number of ether oxygens (including phenoxy) is 2. The Kier molecular flexibility index (Phi) is 7.50. The van der Waals surface area contributed by atoms with Gasteiger partial charge in [-0.25, -0.2) is 18.7 Å². The molecule has 36 heavy (non-hydrogen) atoms. The van der Waals surface area contributed by atoms with Gasteiger partial charge in [-0.2, -0.15) is 0 Å². The Hall–Kier alpha value is -4.38. The van der Waals surface area contributed by atoms with Crippen molar-refractivity contribution in [2.24, 2.45) is 0 Å². The minimum Gasteiger partial charge on any atom is -0.456 e. The number of fused-ring (bicyclic) bond motifs is 1. The molecule has 0 bridgehead atoms. The predicted molar refractivity (Wildman–Crippen MR) is 127 cm³/mol. The van der Waals surface area contributed by atoms with Crippen molar-refractivity contribution < 1.29 is 23.5 Å². The van der Waals surface area contributed by atoms with Gasteiger partial charge < -0.3 is 14.0 Å². The van der Waals surface area contributed by atoms with Gasteiger partial charge in [0.25, 0.3) is 5.56 Å². The molecular formula is C25H23FN4O6. The van der Waals surface area contributed by atoms with E-state index in [-0.39, 0.29) is 23.3 Å². The Labute approximate surface area is 204 Å². The molecule has 0 saturated heterocycles. The molecule has 4 rings (SSSR count). The number of ketones is 1. The maximum absolute atomic E-state index is 13.3. The summed E-state index contributed by atoms with van der Waals surface area (Å²) >= 11 is 0. The van der Waals surface area contributed by atoms with Crippen LogP contribution in [0.25, 0.3) is 11.2 Å². The van der Waals surface area contributed by atoms with Crippen LogP contribution in [0.1, 0.15) is 15.9 Å². The molecule has 2 aromatic heterocycles. The zero-order chi connectivity index (χ0) is 25.7. The Balaban J connectivity index is 1.64. The van der Waals surface area contributed by atoms with E-state index in [0.717, 1.165) is 22.3 Å². The van der Waals surface area contributed by atoms with Gasteiger partial charge in [0.15, 0.2) is 23.6 Å². The first-order chi connectivity index (χ1) is 17.4. The fourth-order valence-electron chi connectivity index (χ4n) is 3.69. The van der Waals surface area contributed by atoms with Gasteiger partial charge >= 0.3 is 11.7 Å². The third kappa shape index (κ3) is 5.31. The lowest BCUT2D eigenvalue weighted by atomic mass is 10.1. The number of rotatable bonds is 10. The molecule has 0 N–H and O–H groups in total. The summed E-state index contributed by atoms with van der Waals surface area (Å²) in [6, 6.07) is 13.9. The van der Waals surface area contributed by atoms with Crippen molar-refractivity contribution in [3.05, 3.63) is 98.7 Å². The van der Waals surface area contributed by atoms with Gasteiger partial charge in [0.1, 0.15) is 12.4 Å². The molecule has 0 fully saturated rings. The van der Waals surface area contributed by atoms with Gasteiger partial charge in [-0.15, -0.1) is 0 Å². The standard InChI is InChI=1S/C25H23FN4O6/c1-35-12-11-28-16-27-23-22(28)24(33)30(25(34)29(23)13-17-5-3-2-4-6-17)14-21(32)36-15-20(31)18-7-9-19(26)10-8-18/h2-10,16H,11-15H2,1H3. The van der Waals surface area contributed by atoms with E-state index in [2.05, 4.69) is 4.98 Å². The highest BCUT2D eigenvalue weighted by Crippen LogP contribution is 2.10. The average molecular weight is 494 g/mol. The fraction of sp³-hybridized carbons (Fsp3) is 0.240. The van der Waals surface area contributed by atoms with Crippen molar-refractivity contribution in [3.8, 4) is 0 Å². The quantitative estimate of drug-likeness (QED) is 0.243. The van der Waals surface area contributed by atoms with Crippen LogP contribution in [-0.2, 0) is 33.9 Å². The molecule has 0 spiro atoms. The van der Waals surface area contributed by atoms with Crippen LogP contribution >= 0.6 is 0 Å². The number of esters is 1. The molecule has 186 valence electrons. The number of imidazole rings is 1. The SMILES string of the molecule is COCCn1cnc2c1c(=O)n(CC(=O)OCC(=O)c1ccc(F)cc1)c(=O)n2Cc1ccccc1. The van der Waals surface area contributed by atoms with Crippen LogP contribution in [-0.4, -0.2) is 50.8 Å². The highest BCUT2D eigenvalue weighted by molar-refractivity contribution is 5.97. The highest BCUT2D eigenvalue weighted by atomic mass is 19.1. The molecule has 0 aliphatic rings. The van der Waals surface area contributed by atoms with E-state index < -0.39 is 42.0 Å². The smallest absolute Gasteiger partial charge is 0.333 e. The number of aromatic nitrogens is 4. The first-order valence-electron chi connectivity index (χ1n) is 11.0. The molecule has 0 saturated carbocycles. The molecule has 0 aliphatic carbocycles. The van der Waals surface area contributed by atoms with E-state index in [1.165, 1.54) is 30.1 Å². The number of hydrogen-bond donors (Lipinski definition) is 0. The second-order valence-corrected chi connectivity index (χ2v) is 7.94. The topological polar surface area (TPSA) is 114 Å². The van der Waals surface area contributed by atoms with Crippen LogP contribution in [0.4, 0.5) is 4.39 Å². The molecule has 0 unspecified atom stereocenters. The van der Waals surface area contributed by atoms with Crippen LogP contribution in [0.3, 0.4) is 0 Å². The average Bonchev–Trinajstić information content (AvgIpc) is 3.31. The molecule has 0 aliphatic heterocycles. The van der Waals surface area contributed by atoms with Gasteiger partial charge in [0.05, 0.1) is 19.5 Å². The third-order valence-electron chi connectivity index (χ3n) is 5.52. The van der Waals surface area contributed by atoms with Gasteiger partial charge in [-0.1, -0.05) is 30.3 Å². The van der Waals surface area contributed by atoms with Gasteiger partial charge in [-0.05, 0) is 29.8 Å². The first-order valence-corrected chi connectivity index (χ1v) is 11.0. The molecule has 10 nitrogen and oxygen atoms in total. The Morgan fingerprint density at radius 3 is 2.42 bits per heavy atom. The number of halogens is 1. The van der Waals surface area contributed by atoms with Crippen molar-refractivity contribution in [1.82, 2.24) is 18.7 Å². The summed E-state index contributed by atoms with van der Waals surface area (Å²) in [4.78, 5) is 55.6. The minimum atomic E-state index is -0.946. The summed E-state index contributed by atoms with van der Waals surface area (Å²) < 4.78 is 26.8. The molecule has 11 heteroatoms. The van der Waals surface area contributed by atoms with Gasteiger partial charge in [-0.3, -0.25) is 19.0 Å². The van der Waals surface area contributed by atoms with E-state index in [1.807, 2.05) is 30.3 Å². The number of carbonyl (C=O) groups is 2. The van der Waals surface area contributed by atoms with E-state index in [9.17, 15) is 23.6 Å². The number of methoxy groups -OCH3 is 1. The van der Waals surface area contributed by atoms with Crippen molar-refractivity contribution in [1.29, 1.82) is 0 Å². The second kappa shape index (κ2) is 10.9. The lowest BCUT2D eigenvalue weighted by molar-refractivity contribution is -0.143. The minimum absolute atomic E-state index is 0.121. The molecule has 2 aromatic carbocycles. The van der Waals surface area contributed by atoms with E-state index in [1.54, 1.807) is 4.57 Å². The summed E-state index contributed by atoms with van der Waals surface area (Å²) in [6.07, 6.45) is 1.44. The maximum Gasteiger partial charge on any atom is 0.333 e.